The summed E-state index contributed by atoms with van der Waals surface area (Å²) in [6, 6.07) is 9.59. The maximum Gasteiger partial charge on any atom is 0.193 e. The molecule has 0 aromatic heterocycles. The molecule has 2 unspecified atom stereocenters. The van der Waals surface area contributed by atoms with Crippen LogP contribution in [0.25, 0.3) is 0 Å². The van der Waals surface area contributed by atoms with E-state index in [0.717, 1.165) is 43.6 Å². The van der Waals surface area contributed by atoms with Crippen molar-refractivity contribution in [1.29, 1.82) is 0 Å². The van der Waals surface area contributed by atoms with Crippen molar-refractivity contribution in [2.45, 2.75) is 18.2 Å². The van der Waals surface area contributed by atoms with Crippen LogP contribution in [0, 0.1) is 5.92 Å². The van der Waals surface area contributed by atoms with Crippen LogP contribution in [0.4, 0.5) is 0 Å². The summed E-state index contributed by atoms with van der Waals surface area (Å²) < 4.78 is 17.7. The highest BCUT2D eigenvalue weighted by molar-refractivity contribution is 14.0. The number of nitrogens with zero attached hydrogens (tertiary/aromatic N) is 2. The molecule has 7 heteroatoms. The Balaban J connectivity index is 0.00000288. The normalized spacial score (nSPS) is 19.0. The van der Waals surface area contributed by atoms with Crippen LogP contribution < -0.4 is 5.32 Å². The van der Waals surface area contributed by atoms with E-state index < -0.39 is 10.8 Å². The first-order chi connectivity index (χ1) is 11.2. The van der Waals surface area contributed by atoms with Crippen molar-refractivity contribution in [3.63, 3.8) is 0 Å². The van der Waals surface area contributed by atoms with E-state index in [-0.39, 0.29) is 24.0 Å². The molecule has 1 N–H and O–H groups in total. The summed E-state index contributed by atoms with van der Waals surface area (Å²) in [5.74, 6) is 2.06. The fraction of sp³-hybridized carbons (Fsp3) is 0.588. The molecule has 1 heterocycles. The number of hydrogen-bond acceptors (Lipinski definition) is 3. The number of halogens is 1. The lowest BCUT2D eigenvalue weighted by molar-refractivity contribution is 0.114. The summed E-state index contributed by atoms with van der Waals surface area (Å²) in [7, 11) is 0.827. The molecule has 1 aromatic rings. The predicted molar refractivity (Wildman–Crippen MR) is 111 cm³/mol. The van der Waals surface area contributed by atoms with Crippen LogP contribution in [0.3, 0.4) is 0 Å². The SMILES string of the molecule is CCOCC1CCN(C(=NC)NCCS(=O)c2ccccc2)C1.I. The van der Waals surface area contributed by atoms with E-state index in [1.807, 2.05) is 37.3 Å². The minimum atomic E-state index is -0.971. The monoisotopic (exact) mass is 465 g/mol. The Kier molecular flexibility index (Phi) is 10.5. The van der Waals surface area contributed by atoms with Gasteiger partial charge in [-0.25, -0.2) is 0 Å². The van der Waals surface area contributed by atoms with Crippen LogP contribution >= 0.6 is 24.0 Å². The summed E-state index contributed by atoms with van der Waals surface area (Å²) in [6.07, 6.45) is 1.14. The third-order valence-corrected chi connectivity index (χ3v) is 5.30. The van der Waals surface area contributed by atoms with Crippen molar-refractivity contribution in [2.75, 3.05) is 45.6 Å². The minimum Gasteiger partial charge on any atom is -0.381 e. The van der Waals surface area contributed by atoms with Gasteiger partial charge in [-0.1, -0.05) is 18.2 Å². The highest BCUT2D eigenvalue weighted by Crippen LogP contribution is 2.16. The molecule has 0 spiro atoms. The summed E-state index contributed by atoms with van der Waals surface area (Å²) in [6.45, 7) is 6.25. The number of rotatable bonds is 7. The number of ether oxygens (including phenoxy) is 1. The molecule has 1 aliphatic rings. The van der Waals surface area contributed by atoms with Gasteiger partial charge in [0, 0.05) is 49.9 Å². The number of guanidine groups is 1. The Labute approximate surface area is 164 Å². The van der Waals surface area contributed by atoms with Crippen molar-refractivity contribution < 1.29 is 8.95 Å². The topological polar surface area (TPSA) is 53.9 Å². The quantitative estimate of drug-likeness (QED) is 0.382. The summed E-state index contributed by atoms with van der Waals surface area (Å²) in [4.78, 5) is 7.48. The van der Waals surface area contributed by atoms with Gasteiger partial charge in [-0.2, -0.15) is 0 Å². The molecule has 2 rings (SSSR count). The molecule has 0 bridgehead atoms. The zero-order valence-corrected chi connectivity index (χ0v) is 17.6. The second-order valence-corrected chi connectivity index (χ2v) is 7.17. The van der Waals surface area contributed by atoms with Gasteiger partial charge in [0.2, 0.25) is 0 Å². The lowest BCUT2D eigenvalue weighted by atomic mass is 10.1. The smallest absolute Gasteiger partial charge is 0.193 e. The lowest BCUT2D eigenvalue weighted by Crippen LogP contribution is -2.41. The fourth-order valence-corrected chi connectivity index (χ4v) is 3.71. The average molecular weight is 465 g/mol. The average Bonchev–Trinajstić information content (AvgIpc) is 3.06. The van der Waals surface area contributed by atoms with E-state index in [4.69, 9.17) is 4.74 Å². The zero-order chi connectivity index (χ0) is 16.5. The van der Waals surface area contributed by atoms with Crippen LogP contribution in [0.2, 0.25) is 0 Å². The van der Waals surface area contributed by atoms with Gasteiger partial charge in [-0.15, -0.1) is 24.0 Å². The van der Waals surface area contributed by atoms with Gasteiger partial charge < -0.3 is 15.0 Å². The Bertz CT molecular complexity index is 528. The molecule has 1 fully saturated rings. The summed E-state index contributed by atoms with van der Waals surface area (Å²) in [5.41, 5.74) is 0. The molecule has 1 aliphatic heterocycles. The maximum absolute atomic E-state index is 12.2. The van der Waals surface area contributed by atoms with Crippen molar-refractivity contribution in [3.8, 4) is 0 Å². The van der Waals surface area contributed by atoms with Gasteiger partial charge in [-0.05, 0) is 25.5 Å². The Hall–Kier alpha value is -0.670. The molecule has 24 heavy (non-hydrogen) atoms. The maximum atomic E-state index is 12.2. The van der Waals surface area contributed by atoms with Crippen molar-refractivity contribution in [2.24, 2.45) is 10.9 Å². The second-order valence-electron chi connectivity index (χ2n) is 5.60. The molecule has 1 aromatic carbocycles. The van der Waals surface area contributed by atoms with E-state index in [1.54, 1.807) is 7.05 Å². The summed E-state index contributed by atoms with van der Waals surface area (Å²) >= 11 is 0. The number of benzene rings is 1. The van der Waals surface area contributed by atoms with E-state index in [9.17, 15) is 4.21 Å². The van der Waals surface area contributed by atoms with Crippen LogP contribution in [0.15, 0.2) is 40.2 Å². The third kappa shape index (κ3) is 6.68. The highest BCUT2D eigenvalue weighted by Gasteiger charge is 2.24. The van der Waals surface area contributed by atoms with Crippen LogP contribution in [-0.2, 0) is 15.5 Å². The van der Waals surface area contributed by atoms with Gasteiger partial charge in [0.1, 0.15) is 0 Å². The van der Waals surface area contributed by atoms with E-state index in [1.165, 1.54) is 0 Å². The molecule has 1 saturated heterocycles. The zero-order valence-electron chi connectivity index (χ0n) is 14.4. The van der Waals surface area contributed by atoms with E-state index in [0.29, 0.717) is 18.2 Å². The molecule has 0 aliphatic carbocycles. The molecular weight excluding hydrogens is 437 g/mol. The standard InChI is InChI=1S/C17H27N3O2S.HI/c1-3-22-14-15-9-11-20(13-15)17(18-2)19-10-12-23(21)16-7-5-4-6-8-16;/h4-8,15H,3,9-14H2,1-2H3,(H,18,19);1H. The first-order valence-electron chi connectivity index (χ1n) is 8.21. The highest BCUT2D eigenvalue weighted by atomic mass is 127. The van der Waals surface area contributed by atoms with Crippen LogP contribution in [-0.4, -0.2) is 60.7 Å². The van der Waals surface area contributed by atoms with Gasteiger partial charge in [-0.3, -0.25) is 9.20 Å². The fourth-order valence-electron chi connectivity index (χ4n) is 2.72. The molecule has 2 atom stereocenters. The summed E-state index contributed by atoms with van der Waals surface area (Å²) in [5, 5.41) is 3.33. The van der Waals surface area contributed by atoms with Gasteiger partial charge >= 0.3 is 0 Å². The Morgan fingerprint density at radius 3 is 2.83 bits per heavy atom. The van der Waals surface area contributed by atoms with Gasteiger partial charge in [0.15, 0.2) is 5.96 Å². The third-order valence-electron chi connectivity index (χ3n) is 3.93. The Morgan fingerprint density at radius 2 is 2.17 bits per heavy atom. The molecule has 0 amide bonds. The first kappa shape index (κ1) is 21.4. The molecule has 136 valence electrons. The van der Waals surface area contributed by atoms with Crippen LogP contribution in [0.5, 0.6) is 0 Å². The lowest BCUT2D eigenvalue weighted by Gasteiger charge is -2.21. The number of nitrogens with one attached hydrogen (secondary N) is 1. The van der Waals surface area contributed by atoms with Crippen molar-refractivity contribution in [3.05, 3.63) is 30.3 Å². The predicted octanol–water partition coefficient (Wildman–Crippen LogP) is 2.35. The molecule has 5 nitrogen and oxygen atoms in total. The number of aliphatic imine (C=N–C) groups is 1. The van der Waals surface area contributed by atoms with Gasteiger partial charge in [0.25, 0.3) is 0 Å². The Morgan fingerprint density at radius 1 is 1.42 bits per heavy atom. The van der Waals surface area contributed by atoms with E-state index in [2.05, 4.69) is 15.2 Å². The number of hydrogen-bond donors (Lipinski definition) is 1. The van der Waals surface area contributed by atoms with Crippen LogP contribution in [0.1, 0.15) is 13.3 Å². The largest absolute Gasteiger partial charge is 0.381 e. The minimum absolute atomic E-state index is 0. The van der Waals surface area contributed by atoms with E-state index >= 15 is 0 Å². The first-order valence-corrected chi connectivity index (χ1v) is 9.53. The second kappa shape index (κ2) is 11.8. The number of likely N-dealkylation sites (tertiary alicyclic amines) is 1. The van der Waals surface area contributed by atoms with Crippen molar-refractivity contribution >= 4 is 40.7 Å². The van der Waals surface area contributed by atoms with Gasteiger partial charge in [0.05, 0.1) is 17.4 Å². The molecule has 0 radical (unpaired) electrons. The molecule has 0 saturated carbocycles. The van der Waals surface area contributed by atoms with Crippen molar-refractivity contribution in [1.82, 2.24) is 10.2 Å². The molecular formula is C17H28IN3O2S.